The maximum Gasteiger partial charge on any atom is 0.332 e. The molecule has 0 amide bonds. The number of ether oxygens (including phenoxy) is 1. The predicted molar refractivity (Wildman–Crippen MR) is 93.1 cm³/mol. The normalized spacial score (nSPS) is 11.0. The van der Waals surface area contributed by atoms with Crippen molar-refractivity contribution in [2.24, 2.45) is 0 Å². The first-order valence-electron chi connectivity index (χ1n) is 7.68. The Kier molecular flexibility index (Phi) is 3.65. The van der Waals surface area contributed by atoms with Gasteiger partial charge in [0, 0.05) is 11.6 Å². The first kappa shape index (κ1) is 15.8. The maximum atomic E-state index is 14.3. The number of aromatic hydroxyl groups is 1. The summed E-state index contributed by atoms with van der Waals surface area (Å²) in [5.41, 5.74) is 0.616. The molecule has 2 aromatic heterocycles. The van der Waals surface area contributed by atoms with E-state index in [9.17, 15) is 14.3 Å². The van der Waals surface area contributed by atoms with Crippen molar-refractivity contribution >= 4 is 11.2 Å². The zero-order valence-electron chi connectivity index (χ0n) is 13.6. The number of H-pyrrole nitrogens is 1. The van der Waals surface area contributed by atoms with Crippen LogP contribution in [0, 0.1) is 5.82 Å². The van der Waals surface area contributed by atoms with E-state index >= 15 is 0 Å². The average Bonchev–Trinajstić information content (AvgIpc) is 2.97. The van der Waals surface area contributed by atoms with E-state index in [1.807, 2.05) is 0 Å². The number of benzene rings is 2. The van der Waals surface area contributed by atoms with Crippen LogP contribution in [0.2, 0.25) is 0 Å². The summed E-state index contributed by atoms with van der Waals surface area (Å²) in [7, 11) is 1.46. The second kappa shape index (κ2) is 5.99. The Morgan fingerprint density at radius 2 is 2.08 bits per heavy atom. The quantitative estimate of drug-likeness (QED) is 0.591. The van der Waals surface area contributed by atoms with Gasteiger partial charge in [0.2, 0.25) is 0 Å². The number of phenolic OH excluding ortho intramolecular Hbond substituents is 1. The maximum absolute atomic E-state index is 14.3. The Hall–Kier alpha value is -3.68. The van der Waals surface area contributed by atoms with E-state index in [2.05, 4.69) is 15.0 Å². The van der Waals surface area contributed by atoms with Crippen LogP contribution in [-0.4, -0.2) is 31.7 Å². The van der Waals surface area contributed by atoms with Crippen molar-refractivity contribution in [1.29, 1.82) is 0 Å². The van der Waals surface area contributed by atoms with Gasteiger partial charge in [0.25, 0.3) is 0 Å². The number of aromatic nitrogens is 4. The second-order valence-corrected chi connectivity index (χ2v) is 5.56. The van der Waals surface area contributed by atoms with E-state index in [-0.39, 0.29) is 17.1 Å². The van der Waals surface area contributed by atoms with Crippen molar-refractivity contribution in [3.05, 3.63) is 65.0 Å². The number of aromatic amines is 1. The Balaban J connectivity index is 1.97. The lowest BCUT2D eigenvalue weighted by Gasteiger charge is -2.07. The van der Waals surface area contributed by atoms with Crippen molar-refractivity contribution in [2.75, 3.05) is 7.11 Å². The lowest BCUT2D eigenvalue weighted by molar-refractivity contribution is 0.413. The van der Waals surface area contributed by atoms with Gasteiger partial charge in [-0.05, 0) is 24.3 Å². The van der Waals surface area contributed by atoms with Gasteiger partial charge in [-0.2, -0.15) is 0 Å². The first-order chi connectivity index (χ1) is 12.6. The fourth-order valence-corrected chi connectivity index (χ4v) is 2.70. The van der Waals surface area contributed by atoms with E-state index in [4.69, 9.17) is 4.74 Å². The molecule has 130 valence electrons. The molecule has 0 aliphatic heterocycles. The Bertz CT molecular complexity index is 1180. The van der Waals surface area contributed by atoms with Crippen molar-refractivity contribution in [1.82, 2.24) is 19.5 Å². The van der Waals surface area contributed by atoms with E-state index in [1.54, 1.807) is 12.1 Å². The van der Waals surface area contributed by atoms with Gasteiger partial charge in [-0.25, -0.2) is 23.7 Å². The summed E-state index contributed by atoms with van der Waals surface area (Å²) in [6.45, 7) is 0. The van der Waals surface area contributed by atoms with E-state index in [1.165, 1.54) is 43.6 Å². The molecule has 0 bridgehead atoms. The summed E-state index contributed by atoms with van der Waals surface area (Å²) in [4.78, 5) is 23.6. The number of hydrogen-bond acceptors (Lipinski definition) is 5. The lowest BCUT2D eigenvalue weighted by atomic mass is 10.2. The lowest BCUT2D eigenvalue weighted by Crippen LogP contribution is -2.16. The molecule has 0 saturated heterocycles. The fourth-order valence-electron chi connectivity index (χ4n) is 2.70. The molecule has 0 unspecified atom stereocenters. The molecule has 0 aliphatic rings. The van der Waals surface area contributed by atoms with Crippen LogP contribution in [0.3, 0.4) is 0 Å². The van der Waals surface area contributed by atoms with Crippen molar-refractivity contribution in [3.63, 3.8) is 0 Å². The van der Waals surface area contributed by atoms with Crippen molar-refractivity contribution in [2.45, 2.75) is 0 Å². The molecule has 0 atom stereocenters. The summed E-state index contributed by atoms with van der Waals surface area (Å²) >= 11 is 0. The molecular weight excluding hydrogens is 339 g/mol. The number of phenols is 1. The standard InChI is InChI=1S/C18H13FN4O3/c1-26-12-5-6-13(19)15(8-12)23-17-14(21-18(23)25)9-20-16(22-17)10-3-2-4-11(24)7-10/h2-9,24H,1H3,(H,21,25). The van der Waals surface area contributed by atoms with Crippen LogP contribution in [0.4, 0.5) is 4.39 Å². The number of rotatable bonds is 3. The Morgan fingerprint density at radius 3 is 2.85 bits per heavy atom. The molecule has 4 rings (SSSR count). The third kappa shape index (κ3) is 2.57. The van der Waals surface area contributed by atoms with Crippen LogP contribution in [0.15, 0.2) is 53.5 Å². The van der Waals surface area contributed by atoms with Gasteiger partial charge < -0.3 is 14.8 Å². The third-order valence-corrected chi connectivity index (χ3v) is 3.92. The molecular formula is C18H13FN4O3. The minimum Gasteiger partial charge on any atom is -0.508 e. The molecule has 2 heterocycles. The molecule has 7 nitrogen and oxygen atoms in total. The minimum absolute atomic E-state index is 0.0150. The fraction of sp³-hybridized carbons (Fsp3) is 0.0556. The van der Waals surface area contributed by atoms with Gasteiger partial charge in [-0.1, -0.05) is 12.1 Å². The molecule has 2 N–H and O–H groups in total. The largest absolute Gasteiger partial charge is 0.508 e. The molecule has 0 spiro atoms. The summed E-state index contributed by atoms with van der Waals surface area (Å²) in [6, 6.07) is 10.5. The molecule has 0 fully saturated rings. The molecule has 2 aromatic carbocycles. The van der Waals surface area contributed by atoms with Gasteiger partial charge in [0.15, 0.2) is 11.5 Å². The van der Waals surface area contributed by atoms with Gasteiger partial charge >= 0.3 is 5.69 Å². The number of hydrogen-bond donors (Lipinski definition) is 2. The van der Waals surface area contributed by atoms with Gasteiger partial charge in [-0.15, -0.1) is 0 Å². The zero-order valence-corrected chi connectivity index (χ0v) is 13.6. The van der Waals surface area contributed by atoms with Crippen molar-refractivity contribution < 1.29 is 14.2 Å². The molecule has 8 heteroatoms. The van der Waals surface area contributed by atoms with Gasteiger partial charge in [0.05, 0.1) is 19.0 Å². The second-order valence-electron chi connectivity index (χ2n) is 5.56. The Morgan fingerprint density at radius 1 is 1.23 bits per heavy atom. The smallest absolute Gasteiger partial charge is 0.332 e. The summed E-state index contributed by atoms with van der Waals surface area (Å²) < 4.78 is 20.6. The van der Waals surface area contributed by atoms with Crippen LogP contribution >= 0.6 is 0 Å². The highest BCUT2D eigenvalue weighted by atomic mass is 19.1. The third-order valence-electron chi connectivity index (χ3n) is 3.92. The van der Waals surface area contributed by atoms with Crippen molar-refractivity contribution in [3.8, 4) is 28.6 Å². The molecule has 0 aliphatic carbocycles. The summed E-state index contributed by atoms with van der Waals surface area (Å²) in [5, 5.41) is 9.64. The molecule has 0 saturated carbocycles. The topological polar surface area (TPSA) is 93.0 Å². The van der Waals surface area contributed by atoms with Gasteiger partial charge in [-0.3, -0.25) is 0 Å². The van der Waals surface area contributed by atoms with E-state index in [0.29, 0.717) is 22.7 Å². The highest BCUT2D eigenvalue weighted by molar-refractivity contribution is 5.75. The number of halogens is 1. The Labute approximate surface area is 146 Å². The van der Waals surface area contributed by atoms with Gasteiger partial charge in [0.1, 0.15) is 22.8 Å². The summed E-state index contributed by atoms with van der Waals surface area (Å²) in [6.07, 6.45) is 1.44. The minimum atomic E-state index is -0.591. The highest BCUT2D eigenvalue weighted by Crippen LogP contribution is 2.24. The number of imidazole rings is 1. The monoisotopic (exact) mass is 352 g/mol. The SMILES string of the molecule is COc1ccc(F)c(-n2c(=O)[nH]c3cnc(-c4cccc(O)c4)nc32)c1. The number of methoxy groups -OCH3 is 1. The summed E-state index contributed by atoms with van der Waals surface area (Å²) in [5.74, 6) is 0.178. The molecule has 0 radical (unpaired) electrons. The zero-order chi connectivity index (χ0) is 18.3. The number of fused-ring (bicyclic) bond motifs is 1. The van der Waals surface area contributed by atoms with Crippen LogP contribution in [0.25, 0.3) is 28.2 Å². The van der Waals surface area contributed by atoms with E-state index in [0.717, 1.165) is 4.57 Å². The number of nitrogens with one attached hydrogen (secondary N) is 1. The van der Waals surface area contributed by atoms with Crippen LogP contribution in [-0.2, 0) is 0 Å². The predicted octanol–water partition coefficient (Wildman–Crippen LogP) is 2.63. The molecule has 4 aromatic rings. The first-order valence-corrected chi connectivity index (χ1v) is 7.68. The average molecular weight is 352 g/mol. The van der Waals surface area contributed by atoms with Crippen LogP contribution in [0.1, 0.15) is 0 Å². The van der Waals surface area contributed by atoms with E-state index < -0.39 is 11.5 Å². The van der Waals surface area contributed by atoms with Crippen LogP contribution in [0.5, 0.6) is 11.5 Å². The molecule has 26 heavy (non-hydrogen) atoms. The highest BCUT2D eigenvalue weighted by Gasteiger charge is 2.16. The van der Waals surface area contributed by atoms with Crippen LogP contribution < -0.4 is 10.4 Å². The number of nitrogens with zero attached hydrogens (tertiary/aromatic N) is 3.